The Morgan fingerprint density at radius 2 is 2.47 bits per heavy atom. The summed E-state index contributed by atoms with van der Waals surface area (Å²) >= 11 is 0. The Kier molecular flexibility index (Phi) is 2.50. The molecule has 2 atom stereocenters. The molecular weight excluding hydrogens is 192 g/mol. The number of nitrogens with zero attached hydrogens (tertiary/aromatic N) is 2. The van der Waals surface area contributed by atoms with Crippen molar-refractivity contribution in [1.82, 2.24) is 9.78 Å². The Bertz CT molecular complexity index is 370. The minimum atomic E-state index is -0.684. The highest BCUT2D eigenvalue weighted by molar-refractivity contribution is 5.75. The molecule has 0 aromatic carbocycles. The van der Waals surface area contributed by atoms with Crippen molar-refractivity contribution in [3.05, 3.63) is 18.0 Å². The minimum absolute atomic E-state index is 0.179. The molecule has 1 aliphatic carbocycles. The zero-order valence-corrected chi connectivity index (χ0v) is 9.05. The molecule has 0 amide bonds. The van der Waals surface area contributed by atoms with E-state index in [1.165, 1.54) is 0 Å². The molecule has 1 fully saturated rings. The van der Waals surface area contributed by atoms with Crippen molar-refractivity contribution in [2.24, 2.45) is 11.8 Å². The van der Waals surface area contributed by atoms with E-state index in [0.29, 0.717) is 5.92 Å². The highest BCUT2D eigenvalue weighted by Gasteiger charge is 2.44. The topological polar surface area (TPSA) is 55.1 Å². The normalized spacial score (nSPS) is 24.5. The number of hydrogen-bond donors (Lipinski definition) is 1. The summed E-state index contributed by atoms with van der Waals surface area (Å²) in [5, 5.41) is 13.0. The molecule has 1 saturated carbocycles. The molecule has 1 N–H and O–H groups in total. The second-order valence-electron chi connectivity index (χ2n) is 4.68. The van der Waals surface area contributed by atoms with Crippen LogP contribution in [0.2, 0.25) is 0 Å². The summed E-state index contributed by atoms with van der Waals surface area (Å²) in [6.07, 6.45) is 4.55. The predicted octanol–water partition coefficient (Wildman–Crippen LogP) is 1.73. The van der Waals surface area contributed by atoms with Gasteiger partial charge in [-0.25, -0.2) is 0 Å². The molecule has 0 bridgehead atoms. The van der Waals surface area contributed by atoms with E-state index in [1.54, 1.807) is 6.20 Å². The van der Waals surface area contributed by atoms with E-state index in [0.717, 1.165) is 18.5 Å². The molecule has 2 rings (SSSR count). The van der Waals surface area contributed by atoms with Crippen LogP contribution in [-0.4, -0.2) is 20.9 Å². The maximum Gasteiger partial charge on any atom is 0.307 e. The fourth-order valence-electron chi connectivity index (χ4n) is 1.88. The van der Waals surface area contributed by atoms with Gasteiger partial charge in [-0.15, -0.1) is 0 Å². The first-order valence-electron chi connectivity index (χ1n) is 5.33. The molecule has 82 valence electrons. The van der Waals surface area contributed by atoms with Crippen LogP contribution in [0.1, 0.15) is 31.7 Å². The third-order valence-corrected chi connectivity index (χ3v) is 2.74. The molecule has 0 aliphatic heterocycles. The average molecular weight is 208 g/mol. The van der Waals surface area contributed by atoms with Crippen LogP contribution in [0.25, 0.3) is 0 Å². The zero-order valence-electron chi connectivity index (χ0n) is 9.05. The fourth-order valence-corrected chi connectivity index (χ4v) is 1.88. The SMILES string of the molecule is CC(C)Cn1cc([C@H]2C[C@@H]2C(=O)O)cn1. The van der Waals surface area contributed by atoms with Crippen LogP contribution in [0.15, 0.2) is 12.4 Å². The number of carboxylic acid groups (broad SMARTS) is 1. The lowest BCUT2D eigenvalue weighted by Gasteiger charge is -2.03. The van der Waals surface area contributed by atoms with Crippen molar-refractivity contribution in [1.29, 1.82) is 0 Å². The molecular formula is C11H16N2O2. The van der Waals surface area contributed by atoms with Crippen molar-refractivity contribution in [2.45, 2.75) is 32.7 Å². The standard InChI is InChI=1S/C11H16N2O2/c1-7(2)5-13-6-8(4-12-13)9-3-10(9)11(14)15/h4,6-7,9-10H,3,5H2,1-2H3,(H,14,15)/t9-,10+/m1/s1. The van der Waals surface area contributed by atoms with E-state index in [-0.39, 0.29) is 11.8 Å². The second kappa shape index (κ2) is 3.68. The average Bonchev–Trinajstić information content (AvgIpc) is 2.81. The molecule has 0 radical (unpaired) electrons. The lowest BCUT2D eigenvalue weighted by Crippen LogP contribution is -2.04. The van der Waals surface area contributed by atoms with Gasteiger partial charge < -0.3 is 5.11 Å². The molecule has 0 saturated heterocycles. The van der Waals surface area contributed by atoms with Gasteiger partial charge in [-0.05, 0) is 17.9 Å². The smallest absolute Gasteiger partial charge is 0.307 e. The van der Waals surface area contributed by atoms with Crippen LogP contribution in [0.4, 0.5) is 0 Å². The van der Waals surface area contributed by atoms with Gasteiger partial charge in [-0.1, -0.05) is 13.8 Å². The Morgan fingerprint density at radius 3 is 3.00 bits per heavy atom. The second-order valence-corrected chi connectivity index (χ2v) is 4.68. The number of carboxylic acids is 1. The Morgan fingerprint density at radius 1 is 1.73 bits per heavy atom. The van der Waals surface area contributed by atoms with E-state index in [2.05, 4.69) is 18.9 Å². The molecule has 1 heterocycles. The van der Waals surface area contributed by atoms with E-state index >= 15 is 0 Å². The van der Waals surface area contributed by atoms with Crippen LogP contribution >= 0.6 is 0 Å². The van der Waals surface area contributed by atoms with Gasteiger partial charge in [0, 0.05) is 18.7 Å². The maximum absolute atomic E-state index is 10.7. The summed E-state index contributed by atoms with van der Waals surface area (Å²) in [5.74, 6) is -0.103. The van der Waals surface area contributed by atoms with E-state index in [9.17, 15) is 4.79 Å². The molecule has 15 heavy (non-hydrogen) atoms. The molecule has 0 unspecified atom stereocenters. The van der Waals surface area contributed by atoms with Crippen molar-refractivity contribution >= 4 is 5.97 Å². The highest BCUT2D eigenvalue weighted by Crippen LogP contribution is 2.47. The Balaban J connectivity index is 2.00. The Hall–Kier alpha value is -1.32. The largest absolute Gasteiger partial charge is 0.481 e. The van der Waals surface area contributed by atoms with E-state index in [1.807, 2.05) is 10.9 Å². The molecule has 1 aliphatic rings. The fraction of sp³-hybridized carbons (Fsp3) is 0.636. The van der Waals surface area contributed by atoms with Crippen LogP contribution in [-0.2, 0) is 11.3 Å². The van der Waals surface area contributed by atoms with Gasteiger partial charge in [0.25, 0.3) is 0 Å². The first-order valence-corrected chi connectivity index (χ1v) is 5.33. The Labute approximate surface area is 88.9 Å². The third kappa shape index (κ3) is 2.19. The van der Waals surface area contributed by atoms with Crippen molar-refractivity contribution in [3.8, 4) is 0 Å². The van der Waals surface area contributed by atoms with Gasteiger partial charge in [0.2, 0.25) is 0 Å². The highest BCUT2D eigenvalue weighted by atomic mass is 16.4. The van der Waals surface area contributed by atoms with Gasteiger partial charge in [-0.3, -0.25) is 9.48 Å². The molecule has 1 aromatic heterocycles. The summed E-state index contributed by atoms with van der Waals surface area (Å²) < 4.78 is 1.90. The summed E-state index contributed by atoms with van der Waals surface area (Å²) in [4.78, 5) is 10.7. The van der Waals surface area contributed by atoms with E-state index in [4.69, 9.17) is 5.11 Å². The lowest BCUT2D eigenvalue weighted by molar-refractivity contribution is -0.138. The summed E-state index contributed by atoms with van der Waals surface area (Å²) in [7, 11) is 0. The van der Waals surface area contributed by atoms with Crippen LogP contribution in [0.5, 0.6) is 0 Å². The monoisotopic (exact) mass is 208 g/mol. The number of carbonyl (C=O) groups is 1. The molecule has 4 nitrogen and oxygen atoms in total. The number of hydrogen-bond acceptors (Lipinski definition) is 2. The number of aromatic nitrogens is 2. The summed E-state index contributed by atoms with van der Waals surface area (Å²) in [6.45, 7) is 5.17. The van der Waals surface area contributed by atoms with Crippen molar-refractivity contribution in [2.75, 3.05) is 0 Å². The van der Waals surface area contributed by atoms with Gasteiger partial charge in [0.1, 0.15) is 0 Å². The van der Waals surface area contributed by atoms with Crippen molar-refractivity contribution < 1.29 is 9.90 Å². The van der Waals surface area contributed by atoms with Gasteiger partial charge >= 0.3 is 5.97 Å². The quantitative estimate of drug-likeness (QED) is 0.819. The predicted molar refractivity (Wildman–Crippen MR) is 55.5 cm³/mol. The van der Waals surface area contributed by atoms with Crippen LogP contribution < -0.4 is 0 Å². The van der Waals surface area contributed by atoms with Crippen LogP contribution in [0, 0.1) is 11.8 Å². The molecule has 4 heteroatoms. The van der Waals surface area contributed by atoms with Crippen LogP contribution in [0.3, 0.4) is 0 Å². The zero-order chi connectivity index (χ0) is 11.0. The van der Waals surface area contributed by atoms with E-state index < -0.39 is 5.97 Å². The van der Waals surface area contributed by atoms with Gasteiger partial charge in [-0.2, -0.15) is 5.10 Å². The number of rotatable bonds is 4. The van der Waals surface area contributed by atoms with Crippen molar-refractivity contribution in [3.63, 3.8) is 0 Å². The first kappa shape index (κ1) is 10.2. The van der Waals surface area contributed by atoms with Gasteiger partial charge in [0.15, 0.2) is 0 Å². The minimum Gasteiger partial charge on any atom is -0.481 e. The van der Waals surface area contributed by atoms with Gasteiger partial charge in [0.05, 0.1) is 12.1 Å². The summed E-state index contributed by atoms with van der Waals surface area (Å²) in [6, 6.07) is 0. The maximum atomic E-state index is 10.7. The first-order chi connectivity index (χ1) is 7.08. The number of aliphatic carboxylic acids is 1. The lowest BCUT2D eigenvalue weighted by atomic mass is 10.2. The molecule has 1 aromatic rings. The third-order valence-electron chi connectivity index (χ3n) is 2.74. The molecule has 0 spiro atoms. The summed E-state index contributed by atoms with van der Waals surface area (Å²) in [5.41, 5.74) is 1.07.